The van der Waals surface area contributed by atoms with E-state index >= 15 is 4.39 Å². The van der Waals surface area contributed by atoms with Crippen LogP contribution in [0, 0.1) is 5.82 Å². The van der Waals surface area contributed by atoms with Gasteiger partial charge in [-0.2, -0.15) is 0 Å². The molecule has 0 saturated heterocycles. The van der Waals surface area contributed by atoms with Crippen molar-refractivity contribution in [2.75, 3.05) is 4.90 Å². The third kappa shape index (κ3) is 5.95. The van der Waals surface area contributed by atoms with Gasteiger partial charge in [0.05, 0.1) is 22.4 Å². The molecule has 0 N–H and O–H groups in total. The van der Waals surface area contributed by atoms with Crippen LogP contribution in [-0.2, 0) is 0 Å². The van der Waals surface area contributed by atoms with Gasteiger partial charge in [-0.25, -0.2) is 4.39 Å². The van der Waals surface area contributed by atoms with E-state index in [1.165, 1.54) is 32.6 Å². The number of anilines is 3. The normalized spacial score (nSPS) is 11.7. The highest BCUT2D eigenvalue weighted by molar-refractivity contribution is 6.24. The van der Waals surface area contributed by atoms with E-state index in [9.17, 15) is 0 Å². The summed E-state index contributed by atoms with van der Waals surface area (Å²) < 4.78 is 19.6. The minimum atomic E-state index is -0.296. The van der Waals surface area contributed by atoms with Gasteiger partial charge in [-0.3, -0.25) is 0 Å². The quantitative estimate of drug-likeness (QED) is 0.111. The van der Waals surface area contributed by atoms with E-state index in [0.29, 0.717) is 5.69 Å². The molecule has 2 nitrogen and oxygen atoms in total. The molecule has 1 heterocycles. The molecule has 1 aromatic heterocycles. The fourth-order valence-corrected chi connectivity index (χ4v) is 8.93. The monoisotopic (exact) mass is 756 g/mol. The third-order valence-corrected chi connectivity index (χ3v) is 11.6. The second-order valence-electron chi connectivity index (χ2n) is 15.1. The molecule has 0 bridgehead atoms. The highest BCUT2D eigenvalue weighted by Gasteiger charge is 2.25. The van der Waals surface area contributed by atoms with Gasteiger partial charge in [0.25, 0.3) is 0 Å². The maximum atomic E-state index is 17.2. The highest BCUT2D eigenvalue weighted by Crippen LogP contribution is 2.47. The Bertz CT molecular complexity index is 3310. The molecule has 0 atom stereocenters. The number of para-hydroxylation sites is 2. The first-order valence-electron chi connectivity index (χ1n) is 20.0. The molecule has 0 amide bonds. The van der Waals surface area contributed by atoms with Gasteiger partial charge in [0.15, 0.2) is 0 Å². The zero-order valence-corrected chi connectivity index (χ0v) is 32.1. The molecule has 0 unspecified atom stereocenters. The molecule has 11 rings (SSSR count). The first-order chi connectivity index (χ1) is 29.2. The largest absolute Gasteiger partial charge is 0.309 e. The summed E-state index contributed by atoms with van der Waals surface area (Å²) in [6, 6.07) is 73.1. The Kier molecular flexibility index (Phi) is 8.37. The molecule has 0 spiro atoms. The molecule has 0 fully saturated rings. The van der Waals surface area contributed by atoms with Crippen LogP contribution < -0.4 is 4.90 Å². The van der Waals surface area contributed by atoms with E-state index in [2.05, 4.69) is 161 Å². The Morgan fingerprint density at radius 3 is 1.85 bits per heavy atom. The minimum absolute atomic E-state index is 0.296. The first-order valence-corrected chi connectivity index (χ1v) is 20.0. The van der Waals surface area contributed by atoms with Crippen LogP contribution in [0.2, 0.25) is 0 Å². The topological polar surface area (TPSA) is 8.17 Å². The number of hydrogen-bond donors (Lipinski definition) is 0. The molecule has 59 heavy (non-hydrogen) atoms. The molecule has 278 valence electrons. The lowest BCUT2D eigenvalue weighted by molar-refractivity contribution is 0.630. The van der Waals surface area contributed by atoms with Crippen molar-refractivity contribution in [2.45, 2.75) is 0 Å². The van der Waals surface area contributed by atoms with Gasteiger partial charge < -0.3 is 9.47 Å². The van der Waals surface area contributed by atoms with Crippen LogP contribution in [0.3, 0.4) is 0 Å². The van der Waals surface area contributed by atoms with Gasteiger partial charge in [0.2, 0.25) is 0 Å². The van der Waals surface area contributed by atoms with Crippen molar-refractivity contribution in [1.82, 2.24) is 4.57 Å². The lowest BCUT2D eigenvalue weighted by Crippen LogP contribution is -2.14. The van der Waals surface area contributed by atoms with Crippen LogP contribution in [0.15, 0.2) is 212 Å². The van der Waals surface area contributed by atoms with Crippen molar-refractivity contribution in [2.24, 2.45) is 0 Å². The second-order valence-corrected chi connectivity index (χ2v) is 15.1. The number of aromatic nitrogens is 1. The number of nitrogens with zero attached hydrogens (tertiary/aromatic N) is 2. The van der Waals surface area contributed by atoms with E-state index in [-0.39, 0.29) is 5.82 Å². The Hall–Kier alpha value is -7.75. The zero-order chi connectivity index (χ0) is 39.3. The van der Waals surface area contributed by atoms with Gasteiger partial charge in [-0.05, 0) is 105 Å². The first kappa shape index (κ1) is 34.5. The number of hydrogen-bond acceptors (Lipinski definition) is 1. The summed E-state index contributed by atoms with van der Waals surface area (Å²) in [5, 5.41) is 7.15. The molecule has 10 aromatic carbocycles. The molecule has 3 heteroatoms. The lowest BCUT2D eigenvalue weighted by Gasteiger charge is -2.30. The minimum Gasteiger partial charge on any atom is -0.309 e. The van der Waals surface area contributed by atoms with E-state index in [0.717, 1.165) is 61.2 Å². The Morgan fingerprint density at radius 1 is 0.441 bits per heavy atom. The SMILES string of the molecule is Fc1cc(-c2ccccc2)cc(-c2ccccc2)c1N(c1ccccc1)c1ccc(C=Cc2cc3ccc4cccc5c4c3c(c2)n5-c2ccccc2)c2ccccc12. The van der Waals surface area contributed by atoms with Crippen LogP contribution in [0.4, 0.5) is 21.5 Å². The molecule has 0 aliphatic heterocycles. The summed E-state index contributed by atoms with van der Waals surface area (Å²) in [5.74, 6) is -0.296. The average Bonchev–Trinajstić information content (AvgIpc) is 3.64. The highest BCUT2D eigenvalue weighted by atomic mass is 19.1. The maximum absolute atomic E-state index is 17.2. The fraction of sp³-hybridized carbons (Fsp3) is 0. The summed E-state index contributed by atoms with van der Waals surface area (Å²) in [6.45, 7) is 0. The predicted octanol–water partition coefficient (Wildman–Crippen LogP) is 15.6. The summed E-state index contributed by atoms with van der Waals surface area (Å²) in [6.07, 6.45) is 4.43. The van der Waals surface area contributed by atoms with Crippen molar-refractivity contribution in [3.8, 4) is 27.9 Å². The maximum Gasteiger partial charge on any atom is 0.148 e. The van der Waals surface area contributed by atoms with Crippen molar-refractivity contribution in [1.29, 1.82) is 0 Å². The molecule has 0 aliphatic carbocycles. The van der Waals surface area contributed by atoms with Crippen molar-refractivity contribution >= 4 is 72.6 Å². The number of fused-ring (bicyclic) bond motifs is 1. The molecule has 0 radical (unpaired) electrons. The van der Waals surface area contributed by atoms with Crippen molar-refractivity contribution in [3.63, 3.8) is 0 Å². The summed E-state index contributed by atoms with van der Waals surface area (Å²) in [5.41, 5.74) is 11.6. The van der Waals surface area contributed by atoms with E-state index in [1.807, 2.05) is 66.7 Å². The standard InChI is InChI=1S/C56H37FN2/c57-50-37-44(39-16-5-1-6-17-39)36-49(40-18-7-2-8-19-40)56(50)59(46-23-11-4-12-24-46)51-33-32-41(47-25-13-14-26-48(47)51)29-28-38-34-43-31-30-42-20-15-27-52-54(42)55(43)53(35-38)58(52)45-21-9-3-10-22-45/h1-37H. The van der Waals surface area contributed by atoms with E-state index < -0.39 is 0 Å². The van der Waals surface area contributed by atoms with Crippen molar-refractivity contribution < 1.29 is 4.39 Å². The average molecular weight is 757 g/mol. The number of halogens is 1. The Labute approximate surface area is 342 Å². The second kappa shape index (κ2) is 14.3. The molecular formula is C56H37FN2. The van der Waals surface area contributed by atoms with E-state index in [1.54, 1.807) is 6.07 Å². The van der Waals surface area contributed by atoms with Gasteiger partial charge in [0.1, 0.15) is 5.82 Å². The lowest BCUT2D eigenvalue weighted by atomic mass is 9.94. The zero-order valence-electron chi connectivity index (χ0n) is 32.1. The van der Waals surface area contributed by atoms with Gasteiger partial charge in [-0.1, -0.05) is 164 Å². The molecule has 0 saturated carbocycles. The molecular weight excluding hydrogens is 720 g/mol. The molecule has 0 aliphatic rings. The fourth-order valence-electron chi connectivity index (χ4n) is 8.93. The van der Waals surface area contributed by atoms with Crippen LogP contribution in [0.5, 0.6) is 0 Å². The Balaban J connectivity index is 1.08. The summed E-state index contributed by atoms with van der Waals surface area (Å²) in [7, 11) is 0. The van der Waals surface area contributed by atoms with Gasteiger partial charge in [-0.15, -0.1) is 0 Å². The molecule has 11 aromatic rings. The van der Waals surface area contributed by atoms with Crippen molar-refractivity contribution in [3.05, 3.63) is 229 Å². The van der Waals surface area contributed by atoms with Crippen LogP contribution in [0.25, 0.3) is 83.4 Å². The predicted molar refractivity (Wildman–Crippen MR) is 248 cm³/mol. The van der Waals surface area contributed by atoms with Crippen LogP contribution in [0.1, 0.15) is 11.1 Å². The van der Waals surface area contributed by atoms with Gasteiger partial charge >= 0.3 is 0 Å². The Morgan fingerprint density at radius 2 is 1.08 bits per heavy atom. The smallest absolute Gasteiger partial charge is 0.148 e. The summed E-state index contributed by atoms with van der Waals surface area (Å²) in [4.78, 5) is 2.09. The number of benzene rings is 10. The van der Waals surface area contributed by atoms with Gasteiger partial charge in [0, 0.05) is 33.1 Å². The van der Waals surface area contributed by atoms with E-state index in [4.69, 9.17) is 0 Å². The summed E-state index contributed by atoms with van der Waals surface area (Å²) >= 11 is 0. The van der Waals surface area contributed by atoms with Crippen LogP contribution >= 0.6 is 0 Å². The van der Waals surface area contributed by atoms with Crippen LogP contribution in [-0.4, -0.2) is 4.57 Å². The number of rotatable bonds is 8. The third-order valence-electron chi connectivity index (χ3n) is 11.6.